The van der Waals surface area contributed by atoms with Gasteiger partial charge < -0.3 is 15.6 Å². The van der Waals surface area contributed by atoms with Crippen molar-refractivity contribution in [2.75, 3.05) is 5.32 Å². The highest BCUT2D eigenvalue weighted by Crippen LogP contribution is 2.26. The normalized spacial score (nSPS) is 12.2. The molecule has 0 saturated carbocycles. The molecule has 9 heteroatoms. The predicted octanol–water partition coefficient (Wildman–Crippen LogP) is 3.12. The summed E-state index contributed by atoms with van der Waals surface area (Å²) in [5, 5.41) is 11.9. The van der Waals surface area contributed by atoms with Gasteiger partial charge in [-0.1, -0.05) is 49.3 Å². The number of aryl methyl sites for hydroxylation is 1. The van der Waals surface area contributed by atoms with E-state index in [0.29, 0.717) is 40.6 Å². The third-order valence-corrected chi connectivity index (χ3v) is 5.13. The van der Waals surface area contributed by atoms with Gasteiger partial charge in [-0.15, -0.1) is 10.2 Å². The van der Waals surface area contributed by atoms with Gasteiger partial charge in [0.1, 0.15) is 5.82 Å². The smallest absolute Gasteiger partial charge is 0.237 e. The zero-order chi connectivity index (χ0) is 20.0. The lowest BCUT2D eigenvalue weighted by Gasteiger charge is -2.15. The minimum atomic E-state index is -0.402. The highest BCUT2D eigenvalue weighted by molar-refractivity contribution is 8.00. The molecule has 3 N–H and O–H groups in total. The molecule has 0 fully saturated rings. The van der Waals surface area contributed by atoms with Gasteiger partial charge in [-0.05, 0) is 25.0 Å². The zero-order valence-electron chi connectivity index (χ0n) is 15.6. The van der Waals surface area contributed by atoms with Crippen LogP contribution >= 0.6 is 23.4 Å². The Labute approximate surface area is 168 Å². The Bertz CT molecular complexity index is 809. The number of hydrogen-bond acceptors (Lipinski definition) is 5. The minimum absolute atomic E-state index is 0.175. The van der Waals surface area contributed by atoms with Crippen LogP contribution in [0, 0.1) is 5.92 Å². The number of nitrogens with two attached hydrogens (primary N) is 1. The van der Waals surface area contributed by atoms with Crippen LogP contribution in [0.25, 0.3) is 0 Å². The summed E-state index contributed by atoms with van der Waals surface area (Å²) < 4.78 is 1.96. The van der Waals surface area contributed by atoms with Gasteiger partial charge in [0, 0.05) is 19.4 Å². The first-order chi connectivity index (χ1) is 12.8. The van der Waals surface area contributed by atoms with E-state index in [4.69, 9.17) is 17.3 Å². The van der Waals surface area contributed by atoms with Crippen molar-refractivity contribution in [3.8, 4) is 0 Å². The maximum absolute atomic E-state index is 12.5. The van der Waals surface area contributed by atoms with Crippen molar-refractivity contribution in [2.45, 2.75) is 50.6 Å². The predicted molar refractivity (Wildman–Crippen MR) is 108 cm³/mol. The number of nitrogens with zero attached hydrogens (tertiary/aromatic N) is 3. The largest absolute Gasteiger partial charge is 0.370 e. The van der Waals surface area contributed by atoms with E-state index in [-0.39, 0.29) is 18.2 Å². The van der Waals surface area contributed by atoms with E-state index >= 15 is 0 Å². The van der Waals surface area contributed by atoms with E-state index in [1.807, 2.05) is 10.6 Å². The molecule has 0 spiro atoms. The van der Waals surface area contributed by atoms with Gasteiger partial charge in [-0.3, -0.25) is 9.59 Å². The van der Waals surface area contributed by atoms with Crippen LogP contribution in [-0.2, 0) is 22.6 Å². The molecule has 0 unspecified atom stereocenters. The number of benzene rings is 1. The molecule has 0 aliphatic carbocycles. The third kappa shape index (κ3) is 6.25. The van der Waals surface area contributed by atoms with Crippen molar-refractivity contribution >= 4 is 40.9 Å². The van der Waals surface area contributed by atoms with E-state index < -0.39 is 5.25 Å². The molecule has 1 atom stereocenters. The molecular weight excluding hydrogens is 386 g/mol. The SMILES string of the molecule is CC(C)Cn1c(CCC(N)=O)nnc1S[C@@H](C)C(=O)Nc1ccccc1Cl. The summed E-state index contributed by atoms with van der Waals surface area (Å²) in [5.74, 6) is 0.505. The Kier molecular flexibility index (Phi) is 7.67. The van der Waals surface area contributed by atoms with Crippen molar-refractivity contribution in [1.82, 2.24) is 14.8 Å². The van der Waals surface area contributed by atoms with Crippen molar-refractivity contribution in [3.05, 3.63) is 35.1 Å². The number of anilines is 1. The Morgan fingerprint density at radius 1 is 1.26 bits per heavy atom. The van der Waals surface area contributed by atoms with Crippen LogP contribution in [0.3, 0.4) is 0 Å². The Morgan fingerprint density at radius 3 is 2.59 bits per heavy atom. The summed E-state index contributed by atoms with van der Waals surface area (Å²) in [4.78, 5) is 23.6. The first kappa shape index (κ1) is 21.2. The number of primary amides is 1. The van der Waals surface area contributed by atoms with E-state index in [1.54, 1.807) is 25.1 Å². The number of para-hydroxylation sites is 1. The molecule has 2 aromatic rings. The Morgan fingerprint density at radius 2 is 1.96 bits per heavy atom. The molecule has 0 saturated heterocycles. The molecule has 27 heavy (non-hydrogen) atoms. The quantitative estimate of drug-likeness (QED) is 0.619. The summed E-state index contributed by atoms with van der Waals surface area (Å²) in [6, 6.07) is 7.09. The molecule has 0 bridgehead atoms. The molecule has 1 heterocycles. The number of carbonyl (C=O) groups is 2. The summed E-state index contributed by atoms with van der Waals surface area (Å²) in [5.41, 5.74) is 5.81. The molecule has 0 aliphatic heterocycles. The average molecular weight is 410 g/mol. The van der Waals surface area contributed by atoms with Crippen LogP contribution in [0.1, 0.15) is 33.0 Å². The van der Waals surface area contributed by atoms with Gasteiger partial charge in [-0.2, -0.15) is 0 Å². The number of rotatable bonds is 9. The molecule has 7 nitrogen and oxygen atoms in total. The lowest BCUT2D eigenvalue weighted by molar-refractivity contribution is -0.118. The van der Waals surface area contributed by atoms with Crippen LogP contribution < -0.4 is 11.1 Å². The second-order valence-corrected chi connectivity index (χ2v) is 8.31. The lowest BCUT2D eigenvalue weighted by Crippen LogP contribution is -2.23. The monoisotopic (exact) mass is 409 g/mol. The van der Waals surface area contributed by atoms with Gasteiger partial charge in [-0.25, -0.2) is 0 Å². The van der Waals surface area contributed by atoms with E-state index in [2.05, 4.69) is 29.4 Å². The van der Waals surface area contributed by atoms with Crippen molar-refractivity contribution in [3.63, 3.8) is 0 Å². The van der Waals surface area contributed by atoms with Crippen LogP contribution in [0.5, 0.6) is 0 Å². The Balaban J connectivity index is 2.11. The summed E-state index contributed by atoms with van der Waals surface area (Å²) in [6.07, 6.45) is 0.638. The van der Waals surface area contributed by atoms with Gasteiger partial charge >= 0.3 is 0 Å². The number of hydrogen-bond donors (Lipinski definition) is 2. The van der Waals surface area contributed by atoms with E-state index in [9.17, 15) is 9.59 Å². The standard InChI is InChI=1S/C18H24ClN5O2S/c1-11(2)10-24-16(9-8-15(20)25)22-23-18(24)27-12(3)17(26)21-14-7-5-4-6-13(14)19/h4-7,11-12H,8-10H2,1-3H3,(H2,20,25)(H,21,26)/t12-/m0/s1. The fourth-order valence-electron chi connectivity index (χ4n) is 2.38. The highest BCUT2D eigenvalue weighted by atomic mass is 35.5. The maximum Gasteiger partial charge on any atom is 0.237 e. The molecule has 0 aliphatic rings. The fraction of sp³-hybridized carbons (Fsp3) is 0.444. The van der Waals surface area contributed by atoms with E-state index in [1.165, 1.54) is 11.8 Å². The van der Waals surface area contributed by atoms with E-state index in [0.717, 1.165) is 0 Å². The molecule has 1 aromatic carbocycles. The highest BCUT2D eigenvalue weighted by Gasteiger charge is 2.21. The summed E-state index contributed by atoms with van der Waals surface area (Å²) >= 11 is 7.41. The van der Waals surface area contributed by atoms with Crippen LogP contribution in [0.4, 0.5) is 5.69 Å². The number of thioether (sulfide) groups is 1. The molecule has 2 rings (SSSR count). The molecule has 2 amide bonds. The first-order valence-electron chi connectivity index (χ1n) is 8.70. The summed E-state index contributed by atoms with van der Waals surface area (Å²) in [6.45, 7) is 6.66. The van der Waals surface area contributed by atoms with Crippen molar-refractivity contribution in [1.29, 1.82) is 0 Å². The van der Waals surface area contributed by atoms with Crippen LogP contribution in [0.15, 0.2) is 29.4 Å². The van der Waals surface area contributed by atoms with Crippen LogP contribution in [0.2, 0.25) is 5.02 Å². The topological polar surface area (TPSA) is 103 Å². The van der Waals surface area contributed by atoms with Gasteiger partial charge in [0.2, 0.25) is 11.8 Å². The van der Waals surface area contributed by atoms with Gasteiger partial charge in [0.05, 0.1) is 16.0 Å². The van der Waals surface area contributed by atoms with Gasteiger partial charge in [0.15, 0.2) is 5.16 Å². The van der Waals surface area contributed by atoms with Crippen molar-refractivity contribution in [2.24, 2.45) is 11.7 Å². The molecule has 146 valence electrons. The van der Waals surface area contributed by atoms with Gasteiger partial charge in [0.25, 0.3) is 0 Å². The second-order valence-electron chi connectivity index (χ2n) is 6.60. The minimum Gasteiger partial charge on any atom is -0.370 e. The first-order valence-corrected chi connectivity index (χ1v) is 9.96. The number of carbonyl (C=O) groups excluding carboxylic acids is 2. The number of nitrogens with one attached hydrogen (secondary N) is 1. The maximum atomic E-state index is 12.5. The number of halogens is 1. The molecular formula is C18H24ClN5O2S. The Hall–Kier alpha value is -2.06. The third-order valence-electron chi connectivity index (χ3n) is 3.72. The molecule has 0 radical (unpaired) electrons. The zero-order valence-corrected chi connectivity index (χ0v) is 17.2. The summed E-state index contributed by atoms with van der Waals surface area (Å²) in [7, 11) is 0. The lowest BCUT2D eigenvalue weighted by atomic mass is 10.2. The number of aromatic nitrogens is 3. The van der Waals surface area contributed by atoms with Crippen LogP contribution in [-0.4, -0.2) is 31.8 Å². The van der Waals surface area contributed by atoms with Crippen molar-refractivity contribution < 1.29 is 9.59 Å². The molecule has 1 aromatic heterocycles. The number of amides is 2. The second kappa shape index (κ2) is 9.75. The fourth-order valence-corrected chi connectivity index (χ4v) is 3.44. The average Bonchev–Trinajstić information content (AvgIpc) is 2.96.